The summed E-state index contributed by atoms with van der Waals surface area (Å²) in [5.41, 5.74) is 8.48. The quantitative estimate of drug-likeness (QED) is 0.737. The molecule has 0 atom stereocenters. The largest absolute Gasteiger partial charge is 0.399 e. The van der Waals surface area contributed by atoms with Gasteiger partial charge in [-0.15, -0.1) is 0 Å². The Morgan fingerprint density at radius 3 is 2.40 bits per heavy atom. The predicted octanol–water partition coefficient (Wildman–Crippen LogP) is 2.73. The highest BCUT2D eigenvalue weighted by molar-refractivity contribution is 9.10. The minimum absolute atomic E-state index is 0.0196. The molecule has 0 unspecified atom stereocenters. The van der Waals surface area contributed by atoms with Crippen LogP contribution in [0.15, 0.2) is 45.8 Å². The summed E-state index contributed by atoms with van der Waals surface area (Å²) in [5, 5.41) is 8.22. The first-order valence-corrected chi connectivity index (χ1v) is 8.06. The van der Waals surface area contributed by atoms with Crippen LogP contribution in [0.2, 0.25) is 0 Å². The van der Waals surface area contributed by atoms with E-state index < -0.39 is 10.0 Å². The third-order valence-corrected chi connectivity index (χ3v) is 4.49. The van der Waals surface area contributed by atoms with Crippen molar-refractivity contribution in [2.24, 2.45) is 5.14 Å². The van der Waals surface area contributed by atoms with Gasteiger partial charge < -0.3 is 11.1 Å². The predicted molar refractivity (Wildman–Crippen MR) is 84.4 cm³/mol. The van der Waals surface area contributed by atoms with Gasteiger partial charge in [-0.05, 0) is 48.9 Å². The molecule has 0 radical (unpaired) electrons. The van der Waals surface area contributed by atoms with Crippen molar-refractivity contribution in [3.63, 3.8) is 0 Å². The van der Waals surface area contributed by atoms with Gasteiger partial charge in [0.2, 0.25) is 10.0 Å². The average Bonchev–Trinajstić information content (AvgIpc) is 2.32. The lowest BCUT2D eigenvalue weighted by Gasteiger charge is -2.10. The number of benzene rings is 2. The first-order chi connectivity index (χ1) is 9.25. The first-order valence-electron chi connectivity index (χ1n) is 5.72. The van der Waals surface area contributed by atoms with Gasteiger partial charge in [-0.3, -0.25) is 0 Å². The molecule has 0 heterocycles. The number of hydrogen-bond acceptors (Lipinski definition) is 4. The fourth-order valence-electron chi connectivity index (χ4n) is 1.75. The number of aryl methyl sites for hydroxylation is 1. The van der Waals surface area contributed by atoms with Gasteiger partial charge in [-0.25, -0.2) is 13.6 Å². The second-order valence-corrected chi connectivity index (χ2v) is 6.84. The van der Waals surface area contributed by atoms with Crippen LogP contribution >= 0.6 is 15.9 Å². The zero-order chi connectivity index (χ0) is 14.9. The lowest BCUT2D eigenvalue weighted by atomic mass is 10.2. The Morgan fingerprint density at radius 2 is 1.80 bits per heavy atom. The second-order valence-electron chi connectivity index (χ2n) is 4.42. The molecule has 5 N–H and O–H groups in total. The fraction of sp³-hybridized carbons (Fsp3) is 0.0769. The van der Waals surface area contributed by atoms with Crippen LogP contribution in [0.1, 0.15) is 5.56 Å². The third-order valence-electron chi connectivity index (χ3n) is 2.70. The molecule has 0 saturated carbocycles. The summed E-state index contributed by atoms with van der Waals surface area (Å²) in [4.78, 5) is -0.0196. The molecule has 0 bridgehead atoms. The Morgan fingerprint density at radius 1 is 1.10 bits per heavy atom. The molecule has 0 aliphatic carbocycles. The molecule has 0 aliphatic heterocycles. The highest BCUT2D eigenvalue weighted by Crippen LogP contribution is 2.26. The van der Waals surface area contributed by atoms with E-state index in [1.165, 1.54) is 12.1 Å². The van der Waals surface area contributed by atoms with Crippen molar-refractivity contribution >= 4 is 43.0 Å². The molecule has 5 nitrogen and oxygen atoms in total. The number of hydrogen-bond donors (Lipinski definition) is 3. The smallest absolute Gasteiger partial charge is 0.238 e. The minimum Gasteiger partial charge on any atom is -0.399 e. The summed E-state index contributed by atoms with van der Waals surface area (Å²) in [6.45, 7) is 1.96. The molecule has 106 valence electrons. The van der Waals surface area contributed by atoms with Gasteiger partial charge in [-0.2, -0.15) is 0 Å². The van der Waals surface area contributed by atoms with E-state index in [1.807, 2.05) is 25.1 Å². The van der Waals surface area contributed by atoms with Gasteiger partial charge >= 0.3 is 0 Å². The lowest BCUT2D eigenvalue weighted by Crippen LogP contribution is -2.12. The summed E-state index contributed by atoms with van der Waals surface area (Å²) in [6.07, 6.45) is 0. The first kappa shape index (κ1) is 14.8. The maximum atomic E-state index is 11.4. The summed E-state index contributed by atoms with van der Waals surface area (Å²) < 4.78 is 23.8. The standard InChI is InChI=1S/C13H14BrN3O2S/c1-8-4-10(2-3-13(8)14)17-11-5-9(15)6-12(7-11)20(16,18)19/h2-7,17H,15H2,1H3,(H2,16,18,19). The number of nitrogens with one attached hydrogen (secondary N) is 1. The Kier molecular flexibility index (Phi) is 4.03. The van der Waals surface area contributed by atoms with Crippen LogP contribution in [0.25, 0.3) is 0 Å². The normalized spacial score (nSPS) is 11.3. The third kappa shape index (κ3) is 3.50. The topological polar surface area (TPSA) is 98.2 Å². The number of rotatable bonds is 3. The molecule has 2 rings (SSSR count). The van der Waals surface area contributed by atoms with E-state index in [-0.39, 0.29) is 4.90 Å². The summed E-state index contributed by atoms with van der Waals surface area (Å²) in [7, 11) is -3.78. The lowest BCUT2D eigenvalue weighted by molar-refractivity contribution is 0.598. The number of nitrogen functional groups attached to an aromatic ring is 1. The monoisotopic (exact) mass is 355 g/mol. The summed E-state index contributed by atoms with van der Waals surface area (Å²) in [6, 6.07) is 10.1. The van der Waals surface area contributed by atoms with Gasteiger partial charge in [0.1, 0.15) is 0 Å². The number of nitrogens with two attached hydrogens (primary N) is 2. The van der Waals surface area contributed by atoms with Crippen LogP contribution in [0, 0.1) is 6.92 Å². The van der Waals surface area contributed by atoms with Crippen molar-refractivity contribution in [3.8, 4) is 0 Å². The van der Waals surface area contributed by atoms with E-state index >= 15 is 0 Å². The van der Waals surface area contributed by atoms with E-state index in [0.717, 1.165) is 15.7 Å². The molecular weight excluding hydrogens is 342 g/mol. The van der Waals surface area contributed by atoms with Gasteiger partial charge in [-0.1, -0.05) is 15.9 Å². The van der Waals surface area contributed by atoms with Crippen LogP contribution < -0.4 is 16.2 Å². The van der Waals surface area contributed by atoms with E-state index in [9.17, 15) is 8.42 Å². The Balaban J connectivity index is 2.38. The van der Waals surface area contributed by atoms with Gasteiger partial charge in [0, 0.05) is 21.5 Å². The molecule has 20 heavy (non-hydrogen) atoms. The van der Waals surface area contributed by atoms with Crippen molar-refractivity contribution in [1.82, 2.24) is 0 Å². The van der Waals surface area contributed by atoms with E-state index in [0.29, 0.717) is 11.4 Å². The van der Waals surface area contributed by atoms with Crippen molar-refractivity contribution in [2.75, 3.05) is 11.1 Å². The number of primary sulfonamides is 1. The molecule has 0 aliphatic rings. The number of halogens is 1. The minimum atomic E-state index is -3.78. The van der Waals surface area contributed by atoms with Crippen LogP contribution in [-0.2, 0) is 10.0 Å². The van der Waals surface area contributed by atoms with Crippen LogP contribution in [-0.4, -0.2) is 8.42 Å². The zero-order valence-electron chi connectivity index (χ0n) is 10.7. The van der Waals surface area contributed by atoms with Gasteiger partial charge in [0.15, 0.2) is 0 Å². The molecule has 0 amide bonds. The molecule has 2 aromatic carbocycles. The van der Waals surface area contributed by atoms with Crippen molar-refractivity contribution in [3.05, 3.63) is 46.4 Å². The zero-order valence-corrected chi connectivity index (χ0v) is 13.1. The molecule has 2 aromatic rings. The highest BCUT2D eigenvalue weighted by Gasteiger charge is 2.10. The molecule has 0 spiro atoms. The van der Waals surface area contributed by atoms with Crippen molar-refractivity contribution in [1.29, 1.82) is 0 Å². The van der Waals surface area contributed by atoms with Gasteiger partial charge in [0.25, 0.3) is 0 Å². The Hall–Kier alpha value is -1.57. The molecule has 0 aromatic heterocycles. The van der Waals surface area contributed by atoms with Crippen LogP contribution in [0.4, 0.5) is 17.1 Å². The summed E-state index contributed by atoms with van der Waals surface area (Å²) in [5.74, 6) is 0. The van der Waals surface area contributed by atoms with Crippen molar-refractivity contribution < 1.29 is 8.42 Å². The second kappa shape index (κ2) is 5.43. The SMILES string of the molecule is Cc1cc(Nc2cc(N)cc(S(N)(=O)=O)c2)ccc1Br. The Labute approximate surface area is 126 Å². The fourth-order valence-corrected chi connectivity index (χ4v) is 2.59. The highest BCUT2D eigenvalue weighted by atomic mass is 79.9. The maximum absolute atomic E-state index is 11.4. The van der Waals surface area contributed by atoms with Gasteiger partial charge in [0.05, 0.1) is 4.90 Å². The Bertz CT molecular complexity index is 760. The molecule has 0 saturated heterocycles. The van der Waals surface area contributed by atoms with Crippen LogP contribution in [0.3, 0.4) is 0 Å². The number of sulfonamides is 1. The molecule has 0 fully saturated rings. The molecular formula is C13H14BrN3O2S. The van der Waals surface area contributed by atoms with Crippen molar-refractivity contribution in [2.45, 2.75) is 11.8 Å². The van der Waals surface area contributed by atoms with E-state index in [4.69, 9.17) is 10.9 Å². The maximum Gasteiger partial charge on any atom is 0.238 e. The van der Waals surface area contributed by atoms with E-state index in [2.05, 4.69) is 21.2 Å². The number of anilines is 3. The van der Waals surface area contributed by atoms with Crippen LogP contribution in [0.5, 0.6) is 0 Å². The molecule has 7 heteroatoms. The summed E-state index contributed by atoms with van der Waals surface area (Å²) >= 11 is 3.42. The average molecular weight is 356 g/mol. The van der Waals surface area contributed by atoms with E-state index in [1.54, 1.807) is 6.07 Å².